The van der Waals surface area contributed by atoms with Crippen LogP contribution in [0.4, 0.5) is 11.4 Å². The molecule has 0 N–H and O–H groups in total. The maximum absolute atomic E-state index is 12.0. The first-order valence-electron chi connectivity index (χ1n) is 12.1. The molecule has 0 saturated carbocycles. The van der Waals surface area contributed by atoms with Crippen molar-refractivity contribution in [1.82, 2.24) is 0 Å². The number of nitro benzene ring substituents is 2. The standard InChI is InChI=1S/C29H28N2O8/c32-29(39-20-17-24-8-13-28(14-9-24)31(35)36)15-10-26-4-1-3-25(21-26)5-2-18-37-22-38-19-16-23-6-11-27(12-7-23)30(33)34/h1-15,21H,16-20,22H2/b5-2+,15-10+. The third-order valence-electron chi connectivity index (χ3n) is 5.48. The number of non-ortho nitro benzene ring substituents is 2. The van der Waals surface area contributed by atoms with Crippen molar-refractivity contribution < 1.29 is 28.9 Å². The molecule has 0 aliphatic rings. The largest absolute Gasteiger partial charge is 0.462 e. The van der Waals surface area contributed by atoms with E-state index < -0.39 is 15.8 Å². The highest BCUT2D eigenvalue weighted by molar-refractivity contribution is 5.87. The molecule has 0 fully saturated rings. The summed E-state index contributed by atoms with van der Waals surface area (Å²) in [7, 11) is 0. The second kappa shape index (κ2) is 15.6. The molecule has 3 aromatic carbocycles. The number of esters is 1. The van der Waals surface area contributed by atoms with E-state index in [1.807, 2.05) is 36.4 Å². The first-order valence-corrected chi connectivity index (χ1v) is 12.1. The molecule has 39 heavy (non-hydrogen) atoms. The third-order valence-corrected chi connectivity index (χ3v) is 5.48. The maximum Gasteiger partial charge on any atom is 0.330 e. The van der Waals surface area contributed by atoms with Gasteiger partial charge in [-0.15, -0.1) is 0 Å². The van der Waals surface area contributed by atoms with E-state index in [-0.39, 0.29) is 24.8 Å². The van der Waals surface area contributed by atoms with Gasteiger partial charge >= 0.3 is 5.97 Å². The lowest BCUT2D eigenvalue weighted by Crippen LogP contribution is -2.04. The van der Waals surface area contributed by atoms with E-state index in [4.69, 9.17) is 14.2 Å². The van der Waals surface area contributed by atoms with Crippen molar-refractivity contribution in [3.63, 3.8) is 0 Å². The minimum atomic E-state index is -0.472. The molecule has 0 atom stereocenters. The fourth-order valence-corrected chi connectivity index (χ4v) is 3.43. The van der Waals surface area contributed by atoms with Crippen LogP contribution in [-0.4, -0.2) is 42.4 Å². The van der Waals surface area contributed by atoms with Gasteiger partial charge in [-0.05, 0) is 40.8 Å². The molecule has 0 aliphatic carbocycles. The third kappa shape index (κ3) is 10.7. The maximum atomic E-state index is 12.0. The Labute approximate surface area is 225 Å². The number of nitrogens with zero attached hydrogens (tertiary/aromatic N) is 2. The van der Waals surface area contributed by atoms with Gasteiger partial charge in [-0.2, -0.15) is 0 Å². The normalized spacial score (nSPS) is 11.2. The average molecular weight is 533 g/mol. The van der Waals surface area contributed by atoms with Crippen LogP contribution in [0.3, 0.4) is 0 Å². The van der Waals surface area contributed by atoms with Crippen molar-refractivity contribution >= 4 is 29.5 Å². The van der Waals surface area contributed by atoms with Crippen LogP contribution in [0.5, 0.6) is 0 Å². The van der Waals surface area contributed by atoms with E-state index in [1.165, 1.54) is 30.3 Å². The monoisotopic (exact) mass is 532 g/mol. The van der Waals surface area contributed by atoms with E-state index >= 15 is 0 Å². The van der Waals surface area contributed by atoms with Crippen LogP contribution in [0.1, 0.15) is 22.3 Å². The zero-order valence-electron chi connectivity index (χ0n) is 21.1. The zero-order valence-corrected chi connectivity index (χ0v) is 21.1. The van der Waals surface area contributed by atoms with Gasteiger partial charge < -0.3 is 14.2 Å². The number of nitro groups is 2. The van der Waals surface area contributed by atoms with E-state index in [0.717, 1.165) is 22.3 Å². The minimum Gasteiger partial charge on any atom is -0.462 e. The molecule has 0 bridgehead atoms. The molecule has 0 aliphatic heterocycles. The predicted octanol–water partition coefficient (Wildman–Crippen LogP) is 5.55. The van der Waals surface area contributed by atoms with Crippen LogP contribution < -0.4 is 0 Å². The molecule has 3 aromatic rings. The molecular formula is C29H28N2O8. The van der Waals surface area contributed by atoms with Crippen LogP contribution in [0.25, 0.3) is 12.2 Å². The van der Waals surface area contributed by atoms with Crippen LogP contribution >= 0.6 is 0 Å². The van der Waals surface area contributed by atoms with Gasteiger partial charge in [0.15, 0.2) is 0 Å². The van der Waals surface area contributed by atoms with Crippen LogP contribution in [0, 0.1) is 20.2 Å². The number of hydrogen-bond donors (Lipinski definition) is 0. The van der Waals surface area contributed by atoms with Gasteiger partial charge in [0, 0.05) is 36.8 Å². The SMILES string of the molecule is O=C(/C=C/c1cccc(/C=C/COCOCCc2ccc([N+](=O)[O-])cc2)c1)OCCc1ccc([N+](=O)[O-])cc1. The van der Waals surface area contributed by atoms with Gasteiger partial charge in [-0.1, -0.05) is 54.6 Å². The van der Waals surface area contributed by atoms with Gasteiger partial charge in [0.25, 0.3) is 11.4 Å². The van der Waals surface area contributed by atoms with Crippen molar-refractivity contribution in [3.05, 3.63) is 127 Å². The lowest BCUT2D eigenvalue weighted by molar-refractivity contribution is -0.385. The Kier molecular flexibility index (Phi) is 11.5. The molecule has 10 heteroatoms. The highest BCUT2D eigenvalue weighted by Crippen LogP contribution is 2.14. The van der Waals surface area contributed by atoms with Crippen LogP contribution in [0.2, 0.25) is 0 Å². The molecular weight excluding hydrogens is 504 g/mol. The van der Waals surface area contributed by atoms with Gasteiger partial charge in [-0.25, -0.2) is 4.79 Å². The summed E-state index contributed by atoms with van der Waals surface area (Å²) in [6.45, 7) is 1.10. The van der Waals surface area contributed by atoms with Crippen molar-refractivity contribution in [2.75, 3.05) is 26.6 Å². The van der Waals surface area contributed by atoms with E-state index in [2.05, 4.69) is 0 Å². The predicted molar refractivity (Wildman–Crippen MR) is 146 cm³/mol. The van der Waals surface area contributed by atoms with Crippen molar-refractivity contribution in [1.29, 1.82) is 0 Å². The first-order chi connectivity index (χ1) is 18.9. The Morgan fingerprint density at radius 1 is 0.744 bits per heavy atom. The molecule has 0 heterocycles. The van der Waals surface area contributed by atoms with Gasteiger partial charge in [0.1, 0.15) is 6.79 Å². The molecule has 0 aromatic heterocycles. The fourth-order valence-electron chi connectivity index (χ4n) is 3.43. The van der Waals surface area contributed by atoms with Crippen molar-refractivity contribution in [2.24, 2.45) is 0 Å². The summed E-state index contributed by atoms with van der Waals surface area (Å²) >= 11 is 0. The molecule has 0 unspecified atom stereocenters. The van der Waals surface area contributed by atoms with Crippen molar-refractivity contribution in [3.8, 4) is 0 Å². The van der Waals surface area contributed by atoms with Crippen molar-refractivity contribution in [2.45, 2.75) is 12.8 Å². The minimum absolute atomic E-state index is 0.0195. The second-order valence-corrected chi connectivity index (χ2v) is 8.32. The Balaban J connectivity index is 1.31. The van der Waals surface area contributed by atoms with Gasteiger partial charge in [0.2, 0.25) is 0 Å². The number of rotatable bonds is 15. The van der Waals surface area contributed by atoms with Crippen LogP contribution in [-0.2, 0) is 31.8 Å². The Morgan fingerprint density at radius 2 is 1.31 bits per heavy atom. The topological polar surface area (TPSA) is 131 Å². The number of carbonyl (C=O) groups is 1. The molecule has 202 valence electrons. The summed E-state index contributed by atoms with van der Waals surface area (Å²) < 4.78 is 16.1. The molecule has 0 amide bonds. The molecule has 0 spiro atoms. The van der Waals surface area contributed by atoms with E-state index in [9.17, 15) is 25.0 Å². The molecule has 0 saturated heterocycles. The van der Waals surface area contributed by atoms with Gasteiger partial charge in [-0.3, -0.25) is 20.2 Å². The van der Waals surface area contributed by atoms with Crippen LogP contribution in [0.15, 0.2) is 84.9 Å². The lowest BCUT2D eigenvalue weighted by atomic mass is 10.1. The summed E-state index contributed by atoms with van der Waals surface area (Å²) in [5.74, 6) is -0.472. The Hall–Kier alpha value is -4.67. The first kappa shape index (κ1) is 28.9. The number of benzene rings is 3. The second-order valence-electron chi connectivity index (χ2n) is 8.32. The molecule has 0 radical (unpaired) electrons. The summed E-state index contributed by atoms with van der Waals surface area (Å²) in [6, 6.07) is 20.1. The average Bonchev–Trinajstić information content (AvgIpc) is 2.94. The summed E-state index contributed by atoms with van der Waals surface area (Å²) in [5.41, 5.74) is 3.64. The highest BCUT2D eigenvalue weighted by atomic mass is 16.7. The van der Waals surface area contributed by atoms with E-state index in [0.29, 0.717) is 26.1 Å². The number of carbonyl (C=O) groups excluding carboxylic acids is 1. The van der Waals surface area contributed by atoms with E-state index in [1.54, 1.807) is 30.3 Å². The Morgan fingerprint density at radius 3 is 1.90 bits per heavy atom. The highest BCUT2D eigenvalue weighted by Gasteiger charge is 2.05. The lowest BCUT2D eigenvalue weighted by Gasteiger charge is -2.04. The van der Waals surface area contributed by atoms with Gasteiger partial charge in [0.05, 0.1) is 29.7 Å². The quantitative estimate of drug-likeness (QED) is 0.0622. The molecule has 10 nitrogen and oxygen atoms in total. The Bertz CT molecular complexity index is 1300. The number of hydrogen-bond acceptors (Lipinski definition) is 8. The zero-order chi connectivity index (χ0) is 27.9. The molecule has 3 rings (SSSR count). The summed E-state index contributed by atoms with van der Waals surface area (Å²) in [6.07, 6.45) is 7.87. The summed E-state index contributed by atoms with van der Waals surface area (Å²) in [4.78, 5) is 32.5. The number of ether oxygens (including phenoxy) is 3. The fraction of sp³-hybridized carbons (Fsp3) is 0.207. The smallest absolute Gasteiger partial charge is 0.330 e. The summed E-state index contributed by atoms with van der Waals surface area (Å²) in [5, 5.41) is 21.4.